The lowest BCUT2D eigenvalue weighted by molar-refractivity contribution is 0.165. The van der Waals surface area contributed by atoms with Gasteiger partial charge in [0, 0.05) is 91.7 Å². The lowest BCUT2D eigenvalue weighted by atomic mass is 9.79. The van der Waals surface area contributed by atoms with Crippen molar-refractivity contribution in [2.75, 3.05) is 43.5 Å². The maximum Gasteiger partial charge on any atom is 0.325 e. The zero-order valence-electron chi connectivity index (χ0n) is 29.1. The van der Waals surface area contributed by atoms with Crippen LogP contribution in [0.1, 0.15) is 55.2 Å². The third kappa shape index (κ3) is 5.40. The van der Waals surface area contributed by atoms with Crippen molar-refractivity contribution in [3.8, 4) is 17.2 Å². The van der Waals surface area contributed by atoms with E-state index in [9.17, 15) is 10.1 Å². The lowest BCUT2D eigenvalue weighted by Gasteiger charge is -2.42. The summed E-state index contributed by atoms with van der Waals surface area (Å²) >= 11 is 13.1. The molecular weight excluding hydrogens is 686 g/mol. The van der Waals surface area contributed by atoms with Gasteiger partial charge in [-0.2, -0.15) is 5.26 Å². The number of fused-ring (bicyclic) bond motifs is 4. The Kier molecular flexibility index (Phi) is 8.56. The molecule has 3 saturated heterocycles. The Balaban J connectivity index is 1.32. The minimum atomic E-state index is -0.483. The van der Waals surface area contributed by atoms with Gasteiger partial charge in [-0.3, -0.25) is 4.90 Å². The first-order valence-corrected chi connectivity index (χ1v) is 18.3. The Bertz CT molecular complexity index is 2250. The highest BCUT2D eigenvalue weighted by Crippen LogP contribution is 2.50. The molecule has 4 atom stereocenters. The molecule has 6 heterocycles. The topological polar surface area (TPSA) is 93.3 Å². The molecule has 51 heavy (non-hydrogen) atoms. The molecule has 2 amide bonds. The fraction of sp³-hybridized carbons (Fsp3) is 0.385. The summed E-state index contributed by atoms with van der Waals surface area (Å²) in [6, 6.07) is 15.5. The van der Waals surface area contributed by atoms with Crippen LogP contribution in [0.3, 0.4) is 0 Å². The van der Waals surface area contributed by atoms with Gasteiger partial charge in [0.15, 0.2) is 5.82 Å². The van der Waals surface area contributed by atoms with Gasteiger partial charge in [-0.1, -0.05) is 35.3 Å². The second-order valence-corrected chi connectivity index (χ2v) is 15.0. The first kappa shape index (κ1) is 33.7. The van der Waals surface area contributed by atoms with Crippen molar-refractivity contribution in [2.24, 2.45) is 5.92 Å². The number of amides is 2. The number of aryl methyl sites for hydroxylation is 2. The van der Waals surface area contributed by atoms with Gasteiger partial charge in [0.2, 0.25) is 0 Å². The number of nitrogens with zero attached hydrogens (tertiary/aromatic N) is 7. The van der Waals surface area contributed by atoms with Crippen LogP contribution in [0.5, 0.6) is 0 Å². The number of aromatic nitrogens is 3. The summed E-state index contributed by atoms with van der Waals surface area (Å²) in [5, 5.41) is 15.5. The Hall–Kier alpha value is -4.43. The number of anilines is 2. The smallest absolute Gasteiger partial charge is 0.325 e. The van der Waals surface area contributed by atoms with Crippen LogP contribution in [0, 0.1) is 30.0 Å². The zero-order valence-corrected chi connectivity index (χ0v) is 30.6. The molecule has 4 unspecified atom stereocenters. The van der Waals surface area contributed by atoms with E-state index in [0.29, 0.717) is 58.2 Å². The molecule has 2 aromatic carbocycles. The van der Waals surface area contributed by atoms with Crippen LogP contribution in [-0.2, 0) is 6.42 Å². The van der Waals surface area contributed by atoms with Gasteiger partial charge in [-0.05, 0) is 68.9 Å². The molecule has 262 valence electrons. The number of halogens is 3. The Morgan fingerprint density at radius 3 is 2.71 bits per heavy atom. The zero-order chi connectivity index (χ0) is 35.7. The standard InChI is InChI=1S/C39H39Cl2FN8O/c1-21-27-19-31(22(2)48-14-7-15-49(39(48)51)25-11-13-44-32(18-25)47(3)4)50(37-24-17-30(37)45-20-24)38(27)28-16-23(8-6-12-43)33(35(42)36(28)46-21)26-9-5-10-29(40)34(26)41/h5,9-11,13,16,18-19,22,24,30,37,45H,6-8,14-15,17,20H2,1-4H3. The number of benzene rings is 2. The summed E-state index contributed by atoms with van der Waals surface area (Å²) in [6.45, 7) is 6.17. The largest absolute Gasteiger partial charge is 0.363 e. The number of carbonyl (C=O) groups excluding carboxylic acids is 1. The van der Waals surface area contributed by atoms with Crippen molar-refractivity contribution >= 4 is 62.5 Å². The second-order valence-electron chi connectivity index (χ2n) is 14.2. The van der Waals surface area contributed by atoms with Crippen LogP contribution in [-0.4, -0.2) is 65.2 Å². The highest BCUT2D eigenvalue weighted by molar-refractivity contribution is 6.43. The number of hydrogen-bond donors (Lipinski definition) is 1. The van der Waals surface area contributed by atoms with Gasteiger partial charge in [0.1, 0.15) is 11.3 Å². The Morgan fingerprint density at radius 2 is 1.98 bits per heavy atom. The van der Waals surface area contributed by atoms with Crippen LogP contribution in [0.25, 0.3) is 32.9 Å². The highest BCUT2D eigenvalue weighted by atomic mass is 35.5. The van der Waals surface area contributed by atoms with Crippen LogP contribution in [0.4, 0.5) is 20.7 Å². The van der Waals surface area contributed by atoms with E-state index in [-0.39, 0.29) is 41.1 Å². The van der Waals surface area contributed by atoms with Gasteiger partial charge >= 0.3 is 6.03 Å². The Labute approximate surface area is 306 Å². The Morgan fingerprint density at radius 1 is 1.16 bits per heavy atom. The van der Waals surface area contributed by atoms with Gasteiger partial charge < -0.3 is 19.7 Å². The number of pyridine rings is 2. The third-order valence-corrected chi connectivity index (χ3v) is 11.9. The average molecular weight is 726 g/mol. The molecule has 3 aromatic heterocycles. The van der Waals surface area contributed by atoms with E-state index in [1.54, 1.807) is 24.4 Å². The monoisotopic (exact) mass is 724 g/mol. The van der Waals surface area contributed by atoms with Gasteiger partial charge in [-0.15, -0.1) is 0 Å². The summed E-state index contributed by atoms with van der Waals surface area (Å²) in [6.07, 6.45) is 4.18. The fourth-order valence-electron chi connectivity index (χ4n) is 8.49. The number of carbonyl (C=O) groups is 1. The molecule has 9 nitrogen and oxygen atoms in total. The van der Waals surface area contributed by atoms with Gasteiger partial charge in [0.25, 0.3) is 0 Å². The van der Waals surface area contributed by atoms with E-state index >= 15 is 4.39 Å². The summed E-state index contributed by atoms with van der Waals surface area (Å²) in [7, 11) is 3.87. The van der Waals surface area contributed by atoms with Crippen molar-refractivity contribution in [1.82, 2.24) is 24.8 Å². The van der Waals surface area contributed by atoms with E-state index in [1.165, 1.54) is 0 Å². The number of nitriles is 1. The molecule has 4 fully saturated rings. The van der Waals surface area contributed by atoms with Crippen molar-refractivity contribution in [3.05, 3.63) is 81.5 Å². The quantitative estimate of drug-likeness (QED) is 0.173. The van der Waals surface area contributed by atoms with Crippen molar-refractivity contribution in [1.29, 1.82) is 5.26 Å². The van der Waals surface area contributed by atoms with Crippen LogP contribution < -0.4 is 15.1 Å². The van der Waals surface area contributed by atoms with E-state index in [1.807, 2.05) is 53.9 Å². The molecule has 12 heteroatoms. The molecule has 1 aliphatic carbocycles. The SMILES string of the molecule is Cc1nc2c(F)c(-c3cccc(Cl)c3Cl)c(CCC#N)cc2c2c1cc(C(C)N1CCCN(c3ccnc(N(C)C)c3)C1=O)n2C1C2CNC1C2. The molecule has 1 N–H and O–H groups in total. The molecule has 0 radical (unpaired) electrons. The molecular formula is C39H39Cl2FN8O. The maximum atomic E-state index is 17.1. The second kappa shape index (κ2) is 13.0. The molecule has 3 aliphatic heterocycles. The number of hydrogen-bond acceptors (Lipinski definition) is 6. The predicted octanol–water partition coefficient (Wildman–Crippen LogP) is 8.45. The molecule has 2 bridgehead atoms. The summed E-state index contributed by atoms with van der Waals surface area (Å²) in [5.41, 5.74) is 5.16. The maximum absolute atomic E-state index is 17.1. The number of rotatable bonds is 8. The first-order chi connectivity index (χ1) is 24.6. The van der Waals surface area contributed by atoms with Crippen LogP contribution in [0.2, 0.25) is 10.0 Å². The highest BCUT2D eigenvalue weighted by Gasteiger charge is 2.49. The van der Waals surface area contributed by atoms with E-state index in [4.69, 9.17) is 28.2 Å². The molecule has 4 aliphatic rings. The molecule has 1 saturated carbocycles. The van der Waals surface area contributed by atoms with E-state index < -0.39 is 5.82 Å². The van der Waals surface area contributed by atoms with Crippen molar-refractivity contribution in [3.63, 3.8) is 0 Å². The summed E-state index contributed by atoms with van der Waals surface area (Å²) < 4.78 is 19.5. The summed E-state index contributed by atoms with van der Waals surface area (Å²) in [4.78, 5) is 29.4. The van der Waals surface area contributed by atoms with E-state index in [2.05, 4.69) is 33.9 Å². The first-order valence-electron chi connectivity index (χ1n) is 17.5. The van der Waals surface area contributed by atoms with Crippen molar-refractivity contribution in [2.45, 2.75) is 57.7 Å². The average Bonchev–Trinajstić information content (AvgIpc) is 3.86. The van der Waals surface area contributed by atoms with E-state index in [0.717, 1.165) is 47.5 Å². The molecule has 9 rings (SSSR count). The van der Waals surface area contributed by atoms with Crippen LogP contribution >= 0.6 is 23.2 Å². The van der Waals surface area contributed by atoms with Crippen LogP contribution in [0.15, 0.2) is 48.7 Å². The third-order valence-electron chi connectivity index (χ3n) is 11.1. The number of urea groups is 1. The minimum Gasteiger partial charge on any atom is -0.363 e. The summed E-state index contributed by atoms with van der Waals surface area (Å²) in [5.74, 6) is 0.723. The van der Waals surface area contributed by atoms with Gasteiger partial charge in [0.05, 0.1) is 39.4 Å². The fourth-order valence-corrected chi connectivity index (χ4v) is 8.88. The molecule has 0 spiro atoms. The number of nitrogens with one attached hydrogen (secondary N) is 1. The predicted molar refractivity (Wildman–Crippen MR) is 201 cm³/mol. The van der Waals surface area contributed by atoms with Gasteiger partial charge in [-0.25, -0.2) is 19.2 Å². The van der Waals surface area contributed by atoms with Crippen molar-refractivity contribution < 1.29 is 9.18 Å². The molecule has 5 aromatic rings. The minimum absolute atomic E-state index is 0.0521. The lowest BCUT2D eigenvalue weighted by Crippen LogP contribution is -2.51. The normalized spacial score (nSPS) is 20.6.